The molecule has 1 N–H and O–H groups in total. The second-order valence-corrected chi connectivity index (χ2v) is 7.80. The largest absolute Gasteiger partial charge is 0.444 e. The molecule has 5 nitrogen and oxygen atoms in total. The van der Waals surface area contributed by atoms with E-state index in [4.69, 9.17) is 4.42 Å². The molecule has 0 spiro atoms. The third-order valence-corrected chi connectivity index (χ3v) is 5.64. The van der Waals surface area contributed by atoms with Crippen LogP contribution in [0.4, 0.5) is 10.1 Å². The maximum absolute atomic E-state index is 14.1. The lowest BCUT2D eigenvalue weighted by Gasteiger charge is -2.31. The van der Waals surface area contributed by atoms with Crippen LogP contribution in [-0.4, -0.2) is 34.5 Å². The Morgan fingerprint density at radius 1 is 1.18 bits per heavy atom. The van der Waals surface area contributed by atoms with E-state index in [2.05, 4.69) is 20.2 Å². The predicted octanol–water partition coefficient (Wildman–Crippen LogP) is 4.61. The van der Waals surface area contributed by atoms with E-state index < -0.39 is 0 Å². The number of piperidine rings is 1. The number of nitrogens with one attached hydrogen (secondary N) is 1. The summed E-state index contributed by atoms with van der Waals surface area (Å²) in [5, 5.41) is 4.39. The monoisotopic (exact) mass is 382 g/mol. The highest BCUT2D eigenvalue weighted by Gasteiger charge is 2.21. The number of anilines is 1. The van der Waals surface area contributed by atoms with Crippen molar-refractivity contribution in [1.82, 2.24) is 14.9 Å². The normalized spacial score (nSPS) is 16.0. The maximum atomic E-state index is 14.1. The fourth-order valence-corrected chi connectivity index (χ4v) is 3.89. The third kappa shape index (κ3) is 4.02. The molecule has 1 aromatic carbocycles. The number of hydrogen-bond acceptors (Lipinski definition) is 5. The number of hydrogen-bond donors (Lipinski definition) is 1. The van der Waals surface area contributed by atoms with E-state index in [0.717, 1.165) is 73.1 Å². The van der Waals surface area contributed by atoms with Gasteiger partial charge in [-0.15, -0.1) is 0 Å². The average molecular weight is 382 g/mol. The van der Waals surface area contributed by atoms with E-state index in [0.29, 0.717) is 11.4 Å². The predicted molar refractivity (Wildman–Crippen MR) is 109 cm³/mol. The van der Waals surface area contributed by atoms with E-state index >= 15 is 0 Å². The molecule has 0 bridgehead atoms. The van der Waals surface area contributed by atoms with Crippen LogP contribution in [-0.2, 0) is 6.54 Å². The first-order valence-electron chi connectivity index (χ1n) is 9.94. The second-order valence-electron chi connectivity index (χ2n) is 7.80. The molecular formula is C22H27FN4O. The van der Waals surface area contributed by atoms with Crippen molar-refractivity contribution in [3.8, 4) is 0 Å². The molecule has 0 atom stereocenters. The van der Waals surface area contributed by atoms with E-state index in [-0.39, 0.29) is 5.82 Å². The molecule has 3 heterocycles. The number of para-hydroxylation sites is 1. The van der Waals surface area contributed by atoms with Gasteiger partial charge in [-0.2, -0.15) is 0 Å². The zero-order valence-electron chi connectivity index (χ0n) is 16.8. The Bertz CT molecular complexity index is 957. The molecular weight excluding hydrogens is 355 g/mol. The first-order valence-corrected chi connectivity index (χ1v) is 9.94. The molecule has 0 radical (unpaired) electrons. The van der Waals surface area contributed by atoms with Gasteiger partial charge in [0.25, 0.3) is 0 Å². The smallest absolute Gasteiger partial charge is 0.208 e. The number of pyridine rings is 1. The first-order chi connectivity index (χ1) is 13.5. The third-order valence-electron chi connectivity index (χ3n) is 5.64. The number of likely N-dealkylation sites (tertiary alicyclic amines) is 1. The van der Waals surface area contributed by atoms with Gasteiger partial charge in [-0.05, 0) is 64.8 Å². The highest BCUT2D eigenvalue weighted by molar-refractivity contribution is 5.91. The molecule has 3 aromatic rings. The quantitative estimate of drug-likeness (QED) is 0.698. The van der Waals surface area contributed by atoms with Gasteiger partial charge in [0.15, 0.2) is 0 Å². The van der Waals surface area contributed by atoms with Gasteiger partial charge in [0.05, 0.1) is 12.2 Å². The minimum Gasteiger partial charge on any atom is -0.444 e. The zero-order valence-corrected chi connectivity index (χ0v) is 16.8. The van der Waals surface area contributed by atoms with Crippen molar-refractivity contribution >= 4 is 16.6 Å². The topological polar surface area (TPSA) is 54.2 Å². The van der Waals surface area contributed by atoms with Gasteiger partial charge < -0.3 is 9.73 Å². The Labute approximate surface area is 165 Å². The molecule has 6 heteroatoms. The van der Waals surface area contributed by atoms with Crippen LogP contribution in [0.1, 0.15) is 35.9 Å². The van der Waals surface area contributed by atoms with Gasteiger partial charge in [0.2, 0.25) is 5.89 Å². The van der Waals surface area contributed by atoms with Crippen molar-refractivity contribution in [3.05, 3.63) is 53.1 Å². The molecule has 0 saturated carbocycles. The van der Waals surface area contributed by atoms with Gasteiger partial charge in [0.1, 0.15) is 17.1 Å². The van der Waals surface area contributed by atoms with Crippen molar-refractivity contribution in [2.24, 2.45) is 5.92 Å². The second kappa shape index (κ2) is 7.87. The van der Waals surface area contributed by atoms with Crippen LogP contribution in [0.25, 0.3) is 10.9 Å². The molecule has 4 rings (SSSR count). The van der Waals surface area contributed by atoms with Crippen LogP contribution in [0.2, 0.25) is 0 Å². The highest BCUT2D eigenvalue weighted by Crippen LogP contribution is 2.26. The van der Waals surface area contributed by atoms with E-state index in [9.17, 15) is 4.39 Å². The fourth-order valence-electron chi connectivity index (χ4n) is 3.89. The molecule has 0 unspecified atom stereocenters. The van der Waals surface area contributed by atoms with Crippen molar-refractivity contribution in [2.75, 3.05) is 25.0 Å². The van der Waals surface area contributed by atoms with Crippen LogP contribution in [0, 0.1) is 32.5 Å². The number of oxazole rings is 1. The van der Waals surface area contributed by atoms with Crippen LogP contribution < -0.4 is 5.32 Å². The molecule has 28 heavy (non-hydrogen) atoms. The number of halogens is 1. The van der Waals surface area contributed by atoms with Crippen molar-refractivity contribution in [2.45, 2.75) is 40.2 Å². The van der Waals surface area contributed by atoms with Crippen molar-refractivity contribution in [3.63, 3.8) is 0 Å². The van der Waals surface area contributed by atoms with Crippen molar-refractivity contribution < 1.29 is 8.81 Å². The summed E-state index contributed by atoms with van der Waals surface area (Å²) in [5.74, 6) is 2.05. The molecule has 0 amide bonds. The number of benzene rings is 1. The van der Waals surface area contributed by atoms with E-state index in [1.807, 2.05) is 32.9 Å². The summed E-state index contributed by atoms with van der Waals surface area (Å²) in [7, 11) is 0. The molecule has 1 fully saturated rings. The van der Waals surface area contributed by atoms with Gasteiger partial charge in [-0.25, -0.2) is 14.4 Å². The van der Waals surface area contributed by atoms with Crippen LogP contribution in [0.15, 0.2) is 28.7 Å². The summed E-state index contributed by atoms with van der Waals surface area (Å²) < 4.78 is 19.8. The number of aryl methyl sites for hydroxylation is 3. The van der Waals surface area contributed by atoms with Crippen molar-refractivity contribution in [1.29, 1.82) is 0 Å². The van der Waals surface area contributed by atoms with Crippen LogP contribution in [0.5, 0.6) is 0 Å². The lowest BCUT2D eigenvalue weighted by atomic mass is 9.96. The Hall–Kier alpha value is -2.47. The summed E-state index contributed by atoms with van der Waals surface area (Å²) in [4.78, 5) is 11.2. The molecule has 2 aromatic heterocycles. The Morgan fingerprint density at radius 2 is 1.96 bits per heavy atom. The summed E-state index contributed by atoms with van der Waals surface area (Å²) in [6, 6.07) is 7.13. The average Bonchev–Trinajstić information content (AvgIpc) is 2.99. The van der Waals surface area contributed by atoms with E-state index in [1.54, 1.807) is 6.07 Å². The Morgan fingerprint density at radius 3 is 2.68 bits per heavy atom. The number of rotatable bonds is 5. The van der Waals surface area contributed by atoms with E-state index in [1.165, 1.54) is 6.07 Å². The Kier molecular flexibility index (Phi) is 5.31. The van der Waals surface area contributed by atoms with Gasteiger partial charge in [-0.3, -0.25) is 4.90 Å². The van der Waals surface area contributed by atoms with Crippen LogP contribution >= 0.6 is 0 Å². The fraction of sp³-hybridized carbons (Fsp3) is 0.455. The molecule has 0 aliphatic carbocycles. The first kappa shape index (κ1) is 18.9. The Balaban J connectivity index is 1.34. The summed E-state index contributed by atoms with van der Waals surface area (Å²) >= 11 is 0. The van der Waals surface area contributed by atoms with Crippen LogP contribution in [0.3, 0.4) is 0 Å². The molecule has 1 saturated heterocycles. The summed E-state index contributed by atoms with van der Waals surface area (Å²) in [5.41, 5.74) is 3.21. The molecule has 148 valence electrons. The molecule has 1 aliphatic heterocycles. The van der Waals surface area contributed by atoms with Gasteiger partial charge in [-0.1, -0.05) is 12.1 Å². The molecule has 1 aliphatic rings. The van der Waals surface area contributed by atoms with Gasteiger partial charge >= 0.3 is 0 Å². The van der Waals surface area contributed by atoms with Gasteiger partial charge in [0, 0.05) is 23.3 Å². The summed E-state index contributed by atoms with van der Waals surface area (Å²) in [6.45, 7) is 9.59. The lowest BCUT2D eigenvalue weighted by Crippen LogP contribution is -2.35. The number of fused-ring (bicyclic) bond motifs is 1. The highest BCUT2D eigenvalue weighted by atomic mass is 19.1. The lowest BCUT2D eigenvalue weighted by molar-refractivity contribution is 0.167. The minimum absolute atomic E-state index is 0.269. The number of nitrogens with zero attached hydrogens (tertiary/aromatic N) is 3. The summed E-state index contributed by atoms with van der Waals surface area (Å²) in [6.07, 6.45) is 2.25. The zero-order chi connectivity index (χ0) is 19.7. The SMILES string of the molecule is Cc1cc(NCC2CCN(Cc3nc(C)c(C)o3)CC2)c2cccc(F)c2n1. The standard InChI is InChI=1S/C22H27FN4O/c1-14-11-20(18-5-4-6-19(23)22(18)25-14)24-12-17-7-9-27(10-8-17)13-21-26-15(2)16(3)28-21/h4-6,11,17H,7-10,12-13H2,1-3H3,(H,24,25). The minimum atomic E-state index is -0.269. The number of aromatic nitrogens is 2. The maximum Gasteiger partial charge on any atom is 0.208 e.